The fourth-order valence-electron chi connectivity index (χ4n) is 3.50. The highest BCUT2D eigenvalue weighted by Gasteiger charge is 2.24. The fourth-order valence-corrected chi connectivity index (χ4v) is 3.88. The molecular formula is C26H26BrNO6. The van der Waals surface area contributed by atoms with E-state index in [0.29, 0.717) is 23.2 Å². The van der Waals surface area contributed by atoms with Crippen LogP contribution >= 0.6 is 15.9 Å². The minimum absolute atomic E-state index is 0.228. The highest BCUT2D eigenvalue weighted by Crippen LogP contribution is 2.28. The molecule has 0 aliphatic rings. The Hall–Kier alpha value is -3.39. The van der Waals surface area contributed by atoms with Gasteiger partial charge in [-0.25, -0.2) is 19.0 Å². The molecule has 0 spiro atoms. The van der Waals surface area contributed by atoms with Crippen molar-refractivity contribution in [1.29, 1.82) is 0 Å². The Labute approximate surface area is 206 Å². The molecule has 7 nitrogen and oxygen atoms in total. The number of ether oxygens (including phenoxy) is 3. The molecule has 34 heavy (non-hydrogen) atoms. The maximum atomic E-state index is 13.1. The van der Waals surface area contributed by atoms with E-state index >= 15 is 0 Å². The Balaban J connectivity index is 2.13. The lowest BCUT2D eigenvalue weighted by molar-refractivity contribution is -0.143. The summed E-state index contributed by atoms with van der Waals surface area (Å²) < 4.78 is 17.6. The van der Waals surface area contributed by atoms with Crippen molar-refractivity contribution < 1.29 is 28.6 Å². The van der Waals surface area contributed by atoms with Crippen molar-refractivity contribution in [2.75, 3.05) is 14.2 Å². The first-order valence-corrected chi connectivity index (χ1v) is 11.3. The molecule has 0 atom stereocenters. The molecule has 0 aliphatic heterocycles. The van der Waals surface area contributed by atoms with Crippen molar-refractivity contribution in [2.24, 2.45) is 0 Å². The minimum atomic E-state index is -0.797. The average Bonchev–Trinajstić information content (AvgIpc) is 3.13. The van der Waals surface area contributed by atoms with Crippen LogP contribution in [0.15, 0.2) is 58.6 Å². The average molecular weight is 528 g/mol. The van der Waals surface area contributed by atoms with Crippen molar-refractivity contribution in [3.63, 3.8) is 0 Å². The number of fused-ring (bicyclic) bond motifs is 1. The van der Waals surface area contributed by atoms with Crippen LogP contribution in [0.2, 0.25) is 0 Å². The molecule has 0 unspecified atom stereocenters. The summed E-state index contributed by atoms with van der Waals surface area (Å²) in [6.45, 7) is 5.44. The monoisotopic (exact) mass is 527 g/mol. The molecule has 3 rings (SSSR count). The summed E-state index contributed by atoms with van der Waals surface area (Å²) in [6, 6.07) is 14.9. The second-order valence-corrected chi connectivity index (χ2v) is 9.49. The molecule has 3 aromatic rings. The van der Waals surface area contributed by atoms with E-state index < -0.39 is 23.6 Å². The lowest BCUT2D eigenvalue weighted by Gasteiger charge is -2.21. The third-order valence-electron chi connectivity index (χ3n) is 4.95. The molecule has 0 saturated carbocycles. The molecule has 0 bridgehead atoms. The quantitative estimate of drug-likeness (QED) is 0.143. The maximum absolute atomic E-state index is 13.1. The zero-order valence-corrected chi connectivity index (χ0v) is 21.3. The number of esters is 2. The van der Waals surface area contributed by atoms with E-state index in [9.17, 15) is 14.4 Å². The first-order chi connectivity index (χ1) is 16.0. The Morgan fingerprint density at radius 3 is 2.24 bits per heavy atom. The number of rotatable bonds is 5. The number of hydrogen-bond donors (Lipinski definition) is 0. The van der Waals surface area contributed by atoms with Gasteiger partial charge in [-0.1, -0.05) is 40.2 Å². The SMILES string of the molecule is COC(=O)C(=Cc1ccccc1Cc1cc2cc(Br)ccc2n1C(=O)OC(C)(C)C)C(=O)OC. The highest BCUT2D eigenvalue weighted by atomic mass is 79.9. The van der Waals surface area contributed by atoms with Gasteiger partial charge in [0.1, 0.15) is 11.2 Å². The van der Waals surface area contributed by atoms with Crippen molar-refractivity contribution in [2.45, 2.75) is 32.8 Å². The van der Waals surface area contributed by atoms with E-state index in [-0.39, 0.29) is 5.57 Å². The second-order valence-electron chi connectivity index (χ2n) is 8.57. The number of hydrogen-bond acceptors (Lipinski definition) is 6. The first-order valence-electron chi connectivity index (χ1n) is 10.5. The van der Waals surface area contributed by atoms with Gasteiger partial charge in [-0.15, -0.1) is 0 Å². The van der Waals surface area contributed by atoms with Gasteiger partial charge in [0.05, 0.1) is 19.7 Å². The predicted molar refractivity (Wildman–Crippen MR) is 133 cm³/mol. The van der Waals surface area contributed by atoms with Gasteiger partial charge in [0, 0.05) is 22.0 Å². The third-order valence-corrected chi connectivity index (χ3v) is 5.45. The molecule has 0 fully saturated rings. The summed E-state index contributed by atoms with van der Waals surface area (Å²) in [5, 5.41) is 0.869. The summed E-state index contributed by atoms with van der Waals surface area (Å²) in [7, 11) is 2.39. The summed E-state index contributed by atoms with van der Waals surface area (Å²) in [5.41, 5.74) is 1.92. The van der Waals surface area contributed by atoms with Gasteiger partial charge in [-0.2, -0.15) is 0 Å². The first kappa shape index (κ1) is 25.2. The number of nitrogens with zero attached hydrogens (tertiary/aromatic N) is 1. The topological polar surface area (TPSA) is 83.8 Å². The lowest BCUT2D eigenvalue weighted by atomic mass is 10.0. The summed E-state index contributed by atoms with van der Waals surface area (Å²) in [6.07, 6.45) is 1.29. The van der Waals surface area contributed by atoms with Crippen LogP contribution in [0.4, 0.5) is 4.79 Å². The summed E-state index contributed by atoms with van der Waals surface area (Å²) in [4.78, 5) is 37.4. The van der Waals surface area contributed by atoms with Crippen LogP contribution in [0, 0.1) is 0 Å². The van der Waals surface area contributed by atoms with Gasteiger partial charge in [0.2, 0.25) is 0 Å². The minimum Gasteiger partial charge on any atom is -0.465 e. The van der Waals surface area contributed by atoms with E-state index in [1.807, 2.05) is 57.2 Å². The number of carbonyl (C=O) groups excluding carboxylic acids is 3. The molecule has 1 heterocycles. The van der Waals surface area contributed by atoms with Crippen molar-refractivity contribution in [1.82, 2.24) is 4.57 Å². The van der Waals surface area contributed by atoms with Gasteiger partial charge < -0.3 is 14.2 Å². The van der Waals surface area contributed by atoms with Crippen LogP contribution in [0.25, 0.3) is 17.0 Å². The van der Waals surface area contributed by atoms with Crippen molar-refractivity contribution >= 4 is 50.9 Å². The van der Waals surface area contributed by atoms with E-state index in [0.717, 1.165) is 15.4 Å². The van der Waals surface area contributed by atoms with Gasteiger partial charge in [-0.3, -0.25) is 0 Å². The highest BCUT2D eigenvalue weighted by molar-refractivity contribution is 9.10. The van der Waals surface area contributed by atoms with Crippen LogP contribution < -0.4 is 0 Å². The molecule has 8 heteroatoms. The van der Waals surface area contributed by atoms with Gasteiger partial charge >= 0.3 is 18.0 Å². The Morgan fingerprint density at radius 2 is 1.62 bits per heavy atom. The van der Waals surface area contributed by atoms with Crippen molar-refractivity contribution in [3.05, 3.63) is 75.4 Å². The Bertz CT molecular complexity index is 1260. The number of halogens is 1. The Kier molecular flexibility index (Phi) is 7.61. The van der Waals surface area contributed by atoms with Gasteiger partial charge in [-0.05, 0) is 62.2 Å². The molecule has 0 N–H and O–H groups in total. The normalized spacial score (nSPS) is 11.1. The Morgan fingerprint density at radius 1 is 0.971 bits per heavy atom. The van der Waals surface area contributed by atoms with Crippen LogP contribution in [-0.4, -0.2) is 42.4 Å². The van der Waals surface area contributed by atoms with E-state index in [4.69, 9.17) is 14.2 Å². The zero-order valence-electron chi connectivity index (χ0n) is 19.7. The number of carbonyl (C=O) groups is 3. The zero-order chi connectivity index (χ0) is 25.0. The van der Waals surface area contributed by atoms with Crippen LogP contribution in [-0.2, 0) is 30.2 Å². The standard InChI is InChI=1S/C26H26BrNO6/c1-26(2,3)34-25(31)28-20(14-18-12-19(27)10-11-22(18)28)13-16-8-6-7-9-17(16)15-21(23(29)32-4)24(30)33-5/h6-12,14-15H,13H2,1-5H3. The maximum Gasteiger partial charge on any atom is 0.419 e. The van der Waals surface area contributed by atoms with Gasteiger partial charge in [0.15, 0.2) is 0 Å². The molecule has 178 valence electrons. The third kappa shape index (κ3) is 5.75. The number of methoxy groups -OCH3 is 2. The van der Waals surface area contributed by atoms with E-state index in [1.54, 1.807) is 16.7 Å². The molecule has 2 aromatic carbocycles. The van der Waals surface area contributed by atoms with Crippen LogP contribution in [0.3, 0.4) is 0 Å². The van der Waals surface area contributed by atoms with Crippen LogP contribution in [0.1, 0.15) is 37.6 Å². The second kappa shape index (κ2) is 10.3. The van der Waals surface area contributed by atoms with E-state index in [1.165, 1.54) is 20.3 Å². The molecule has 0 saturated heterocycles. The molecule has 0 amide bonds. The smallest absolute Gasteiger partial charge is 0.419 e. The molecular weight excluding hydrogens is 502 g/mol. The van der Waals surface area contributed by atoms with Crippen LogP contribution in [0.5, 0.6) is 0 Å². The van der Waals surface area contributed by atoms with Crippen molar-refractivity contribution in [3.8, 4) is 0 Å². The summed E-state index contributed by atoms with van der Waals surface area (Å²) >= 11 is 3.48. The predicted octanol–water partition coefficient (Wildman–Crippen LogP) is 5.51. The molecule has 1 aromatic heterocycles. The summed E-state index contributed by atoms with van der Waals surface area (Å²) in [5.74, 6) is -1.59. The van der Waals surface area contributed by atoms with E-state index in [2.05, 4.69) is 15.9 Å². The molecule has 0 aliphatic carbocycles. The lowest BCUT2D eigenvalue weighted by Crippen LogP contribution is -2.28. The van der Waals surface area contributed by atoms with Gasteiger partial charge in [0.25, 0.3) is 0 Å². The number of aromatic nitrogens is 1. The molecule has 0 radical (unpaired) electrons. The largest absolute Gasteiger partial charge is 0.465 e. The number of benzene rings is 2. The fraction of sp³-hybridized carbons (Fsp3) is 0.269.